The van der Waals surface area contributed by atoms with E-state index in [4.69, 9.17) is 0 Å². The van der Waals surface area contributed by atoms with Crippen molar-refractivity contribution in [3.8, 4) is 0 Å². The topological polar surface area (TPSA) is 64.7 Å². The predicted molar refractivity (Wildman–Crippen MR) is 105 cm³/mol. The predicted octanol–water partition coefficient (Wildman–Crippen LogP) is 2.52. The van der Waals surface area contributed by atoms with Gasteiger partial charge in [-0.25, -0.2) is 0 Å². The fourth-order valence-corrected chi connectivity index (χ4v) is 4.65. The third-order valence-corrected chi connectivity index (χ3v) is 6.44. The molecule has 2 N–H and O–H groups in total. The van der Waals surface area contributed by atoms with E-state index in [1.54, 1.807) is 0 Å². The lowest BCUT2D eigenvalue weighted by atomic mass is 9.71. The van der Waals surface area contributed by atoms with E-state index in [0.717, 1.165) is 25.3 Å². The summed E-state index contributed by atoms with van der Waals surface area (Å²) in [6.07, 6.45) is 6.75. The van der Waals surface area contributed by atoms with Gasteiger partial charge in [0.25, 0.3) is 0 Å². The van der Waals surface area contributed by atoms with Crippen LogP contribution in [0.15, 0.2) is 24.3 Å². The van der Waals surface area contributed by atoms with Crippen LogP contribution >= 0.6 is 0 Å². The number of rotatable bonds is 4. The van der Waals surface area contributed by atoms with Crippen LogP contribution in [0.5, 0.6) is 0 Å². The first-order valence-corrected chi connectivity index (χ1v) is 10.3. The Hall–Kier alpha value is -1.92. The monoisotopic (exact) mass is 370 g/mol. The van der Waals surface area contributed by atoms with Crippen molar-refractivity contribution in [2.45, 2.75) is 51.5 Å². The van der Waals surface area contributed by atoms with Gasteiger partial charge >= 0.3 is 0 Å². The lowest BCUT2D eigenvalue weighted by Crippen LogP contribution is -2.45. The van der Waals surface area contributed by atoms with Gasteiger partial charge in [-0.15, -0.1) is 0 Å². The second-order valence-electron chi connectivity index (χ2n) is 8.31. The molecule has 3 aliphatic heterocycles. The summed E-state index contributed by atoms with van der Waals surface area (Å²) in [5.74, 6) is -0.278. The first-order chi connectivity index (χ1) is 13.1. The van der Waals surface area contributed by atoms with Crippen molar-refractivity contribution in [1.82, 2.24) is 15.2 Å². The number of nitrogens with zero attached hydrogens (tertiary/aromatic N) is 2. The van der Waals surface area contributed by atoms with Crippen LogP contribution in [0, 0.1) is 5.41 Å². The normalized spacial score (nSPS) is 23.6. The number of likely N-dealkylation sites (tertiary alicyclic amines) is 1. The first kappa shape index (κ1) is 18.4. The number of imide groups is 1. The molecular weight excluding hydrogens is 340 g/mol. The second-order valence-corrected chi connectivity index (χ2v) is 8.31. The zero-order valence-corrected chi connectivity index (χ0v) is 16.0. The van der Waals surface area contributed by atoms with E-state index in [0.29, 0.717) is 24.7 Å². The molecule has 0 aromatic heterocycles. The summed E-state index contributed by atoms with van der Waals surface area (Å²) in [5.41, 5.74) is 5.61. The number of carbonyl (C=O) groups is 2. The molecule has 0 atom stereocenters. The summed E-state index contributed by atoms with van der Waals surface area (Å²) in [6, 6.07) is 8.09. The van der Waals surface area contributed by atoms with E-state index in [1.165, 1.54) is 49.3 Å². The molecule has 6 nitrogen and oxygen atoms in total. The zero-order valence-electron chi connectivity index (χ0n) is 16.0. The molecule has 0 saturated carbocycles. The number of carbonyl (C=O) groups excluding carboxylic acids is 2. The molecule has 0 aliphatic carbocycles. The lowest BCUT2D eigenvalue weighted by Gasteiger charge is -2.44. The van der Waals surface area contributed by atoms with Gasteiger partial charge in [-0.2, -0.15) is 5.01 Å². The maximum Gasteiger partial charge on any atom is 0.248 e. The Bertz CT molecular complexity index is 673. The van der Waals surface area contributed by atoms with Gasteiger partial charge in [0.05, 0.1) is 5.69 Å². The molecule has 146 valence electrons. The van der Waals surface area contributed by atoms with Crippen LogP contribution < -0.4 is 10.7 Å². The Morgan fingerprint density at radius 2 is 1.70 bits per heavy atom. The van der Waals surface area contributed by atoms with Gasteiger partial charge < -0.3 is 5.32 Å². The van der Waals surface area contributed by atoms with Gasteiger partial charge in [-0.1, -0.05) is 12.1 Å². The molecule has 2 amide bonds. The molecule has 0 unspecified atom stereocenters. The number of hydrogen-bond donors (Lipinski definition) is 2. The number of nitrogens with one attached hydrogen (secondary N) is 2. The highest BCUT2D eigenvalue weighted by atomic mass is 16.2. The van der Waals surface area contributed by atoms with E-state index in [2.05, 4.69) is 27.8 Å². The van der Waals surface area contributed by atoms with Crippen molar-refractivity contribution >= 4 is 17.5 Å². The average molecular weight is 370 g/mol. The second kappa shape index (κ2) is 7.98. The van der Waals surface area contributed by atoms with Crippen LogP contribution in [-0.4, -0.2) is 47.9 Å². The van der Waals surface area contributed by atoms with Crippen molar-refractivity contribution in [3.63, 3.8) is 0 Å². The number of piperidine rings is 3. The average Bonchev–Trinajstić information content (AvgIpc) is 2.68. The summed E-state index contributed by atoms with van der Waals surface area (Å²) in [4.78, 5) is 26.5. The number of hydrazine groups is 1. The number of anilines is 1. The summed E-state index contributed by atoms with van der Waals surface area (Å²) >= 11 is 0. The number of amides is 2. The highest BCUT2D eigenvalue weighted by Crippen LogP contribution is 2.39. The Morgan fingerprint density at radius 1 is 1.00 bits per heavy atom. The molecule has 0 radical (unpaired) electrons. The van der Waals surface area contributed by atoms with Gasteiger partial charge in [0.1, 0.15) is 0 Å². The summed E-state index contributed by atoms with van der Waals surface area (Å²) in [7, 11) is 0. The van der Waals surface area contributed by atoms with Crippen molar-refractivity contribution in [2.24, 2.45) is 5.41 Å². The standard InChI is InChI=1S/C21H30N4O2/c26-19-5-2-6-20(27)25(19)23-18-4-1-3-17(15-18)16-24-13-9-21(10-14-24)7-11-22-12-8-21/h1,3-4,15,22-23H,2,5-14,16H2. The molecule has 3 heterocycles. The first-order valence-electron chi connectivity index (χ1n) is 10.3. The molecule has 0 bridgehead atoms. The molecule has 27 heavy (non-hydrogen) atoms. The highest BCUT2D eigenvalue weighted by molar-refractivity contribution is 5.98. The molecule has 1 aromatic carbocycles. The summed E-state index contributed by atoms with van der Waals surface area (Å²) in [6.45, 7) is 5.57. The quantitative estimate of drug-likeness (QED) is 0.798. The van der Waals surface area contributed by atoms with Crippen molar-refractivity contribution in [2.75, 3.05) is 31.6 Å². The largest absolute Gasteiger partial charge is 0.317 e. The summed E-state index contributed by atoms with van der Waals surface area (Å²) in [5, 5.41) is 4.67. The number of benzene rings is 1. The third-order valence-electron chi connectivity index (χ3n) is 6.44. The SMILES string of the molecule is O=C1CCCC(=O)N1Nc1cccc(CN2CCC3(CCNCC3)CC2)c1. The van der Waals surface area contributed by atoms with E-state index in [-0.39, 0.29) is 11.8 Å². The minimum atomic E-state index is -0.139. The van der Waals surface area contributed by atoms with E-state index >= 15 is 0 Å². The highest BCUT2D eigenvalue weighted by Gasteiger charge is 2.35. The zero-order chi connectivity index (χ0) is 18.7. The van der Waals surface area contributed by atoms with Crippen LogP contribution in [0.4, 0.5) is 5.69 Å². The summed E-state index contributed by atoms with van der Waals surface area (Å²) < 4.78 is 0. The van der Waals surface area contributed by atoms with Crippen LogP contribution in [-0.2, 0) is 16.1 Å². The van der Waals surface area contributed by atoms with Crippen LogP contribution in [0.3, 0.4) is 0 Å². The van der Waals surface area contributed by atoms with Crippen LogP contribution in [0.25, 0.3) is 0 Å². The Morgan fingerprint density at radius 3 is 2.41 bits per heavy atom. The molecule has 3 aliphatic rings. The minimum absolute atomic E-state index is 0.139. The maximum atomic E-state index is 12.0. The molecular formula is C21H30N4O2. The Balaban J connectivity index is 1.34. The van der Waals surface area contributed by atoms with E-state index in [1.807, 2.05) is 12.1 Å². The molecule has 4 rings (SSSR count). The van der Waals surface area contributed by atoms with Crippen molar-refractivity contribution in [1.29, 1.82) is 0 Å². The number of hydrogen-bond acceptors (Lipinski definition) is 5. The van der Waals surface area contributed by atoms with Crippen LogP contribution in [0.1, 0.15) is 50.5 Å². The van der Waals surface area contributed by atoms with Gasteiger partial charge in [-0.05, 0) is 81.4 Å². The smallest absolute Gasteiger partial charge is 0.248 e. The Kier molecular flexibility index (Phi) is 5.45. The van der Waals surface area contributed by atoms with Gasteiger partial charge in [0.2, 0.25) is 11.8 Å². The molecule has 6 heteroatoms. The van der Waals surface area contributed by atoms with Crippen molar-refractivity contribution in [3.05, 3.63) is 29.8 Å². The molecule has 3 saturated heterocycles. The fraction of sp³-hybridized carbons (Fsp3) is 0.619. The van der Waals surface area contributed by atoms with E-state index in [9.17, 15) is 9.59 Å². The fourth-order valence-electron chi connectivity index (χ4n) is 4.65. The van der Waals surface area contributed by atoms with Gasteiger partial charge in [-0.3, -0.25) is 19.9 Å². The van der Waals surface area contributed by atoms with Crippen LogP contribution in [0.2, 0.25) is 0 Å². The minimum Gasteiger partial charge on any atom is -0.317 e. The lowest BCUT2D eigenvalue weighted by molar-refractivity contribution is -0.146. The molecule has 1 aromatic rings. The van der Waals surface area contributed by atoms with E-state index < -0.39 is 0 Å². The van der Waals surface area contributed by atoms with Gasteiger partial charge in [0.15, 0.2) is 0 Å². The van der Waals surface area contributed by atoms with Gasteiger partial charge in [0, 0.05) is 19.4 Å². The third kappa shape index (κ3) is 4.33. The molecule has 1 spiro atoms. The van der Waals surface area contributed by atoms with Crippen molar-refractivity contribution < 1.29 is 9.59 Å². The molecule has 3 fully saturated rings. The maximum absolute atomic E-state index is 12.0. The Labute approximate surface area is 161 Å².